The summed E-state index contributed by atoms with van der Waals surface area (Å²) >= 11 is 0. The fourth-order valence-electron chi connectivity index (χ4n) is 10.9. The summed E-state index contributed by atoms with van der Waals surface area (Å²) in [5, 5.41) is 10.6. The van der Waals surface area contributed by atoms with Crippen molar-refractivity contribution in [1.82, 2.24) is 0 Å². The lowest BCUT2D eigenvalue weighted by molar-refractivity contribution is -0.161. The molecule has 0 aromatic heterocycles. The molecule has 19 heteroatoms. The Kier molecular flexibility index (Phi) is 61.5. The molecule has 0 bridgehead atoms. The average Bonchev–Trinajstić information content (AvgIpc) is 3.62. The first-order chi connectivity index (χ1) is 43.8. The summed E-state index contributed by atoms with van der Waals surface area (Å²) in [5.74, 6) is 0.149. The number of phosphoric acid groups is 2. The monoisotopic (exact) mass is 1340 g/mol. The molecule has 0 saturated heterocycles. The zero-order valence-corrected chi connectivity index (χ0v) is 61.1. The number of aliphatic hydroxyl groups is 1. The van der Waals surface area contributed by atoms with Gasteiger partial charge >= 0.3 is 39.5 Å². The molecule has 0 aromatic rings. The van der Waals surface area contributed by atoms with Crippen LogP contribution in [0.4, 0.5) is 0 Å². The van der Waals surface area contributed by atoms with Crippen LogP contribution in [-0.4, -0.2) is 96.7 Å². The molecule has 91 heavy (non-hydrogen) atoms. The number of unbranched alkanes of at least 4 members (excludes halogenated alkanes) is 37. The molecule has 0 fully saturated rings. The van der Waals surface area contributed by atoms with E-state index in [1.807, 2.05) is 0 Å². The van der Waals surface area contributed by atoms with Gasteiger partial charge in [0.05, 0.1) is 26.4 Å². The number of esters is 4. The minimum Gasteiger partial charge on any atom is -0.462 e. The molecule has 6 atom stereocenters. The highest BCUT2D eigenvalue weighted by Gasteiger charge is 2.30. The van der Waals surface area contributed by atoms with Crippen LogP contribution in [0.2, 0.25) is 0 Å². The summed E-state index contributed by atoms with van der Waals surface area (Å²) < 4.78 is 68.4. The van der Waals surface area contributed by atoms with Gasteiger partial charge in [0.15, 0.2) is 12.2 Å². The van der Waals surface area contributed by atoms with Crippen LogP contribution in [0.3, 0.4) is 0 Å². The van der Waals surface area contributed by atoms with Crippen LogP contribution in [0.1, 0.15) is 363 Å². The maximum atomic E-state index is 13.0. The molecule has 0 heterocycles. The molecule has 17 nitrogen and oxygen atoms in total. The van der Waals surface area contributed by atoms with Crippen LogP contribution >= 0.6 is 15.6 Å². The molecule has 540 valence electrons. The van der Waals surface area contributed by atoms with Crippen molar-refractivity contribution in [2.75, 3.05) is 39.6 Å². The first-order valence-electron chi connectivity index (χ1n) is 37.4. The number of carbonyl (C=O) groups excluding carboxylic acids is 4. The smallest absolute Gasteiger partial charge is 0.462 e. The summed E-state index contributed by atoms with van der Waals surface area (Å²) in [7, 11) is -9.91. The predicted molar refractivity (Wildman–Crippen MR) is 368 cm³/mol. The number of carbonyl (C=O) groups is 4. The summed E-state index contributed by atoms with van der Waals surface area (Å²) in [6.07, 6.45) is 47.1. The molecular formula is C72H140O17P2. The summed E-state index contributed by atoms with van der Waals surface area (Å²) in [4.78, 5) is 72.7. The van der Waals surface area contributed by atoms with Crippen LogP contribution in [0, 0.1) is 17.8 Å². The lowest BCUT2D eigenvalue weighted by atomic mass is 9.99. The molecule has 0 radical (unpaired) electrons. The van der Waals surface area contributed by atoms with Crippen molar-refractivity contribution >= 4 is 39.5 Å². The van der Waals surface area contributed by atoms with E-state index < -0.39 is 97.5 Å². The van der Waals surface area contributed by atoms with E-state index >= 15 is 0 Å². The zero-order valence-electron chi connectivity index (χ0n) is 59.3. The van der Waals surface area contributed by atoms with E-state index in [4.69, 9.17) is 37.0 Å². The molecule has 0 saturated carbocycles. The zero-order chi connectivity index (χ0) is 67.3. The maximum Gasteiger partial charge on any atom is 0.472 e. The first-order valence-corrected chi connectivity index (χ1v) is 40.4. The topological polar surface area (TPSA) is 237 Å². The van der Waals surface area contributed by atoms with Crippen molar-refractivity contribution in [2.45, 2.75) is 381 Å². The van der Waals surface area contributed by atoms with Gasteiger partial charge in [-0.25, -0.2) is 9.13 Å². The van der Waals surface area contributed by atoms with E-state index in [0.717, 1.165) is 108 Å². The second kappa shape index (κ2) is 62.8. The Morgan fingerprint density at radius 1 is 0.319 bits per heavy atom. The summed E-state index contributed by atoms with van der Waals surface area (Å²) in [6, 6.07) is 0. The molecule has 0 amide bonds. The second-order valence-corrected chi connectivity index (χ2v) is 30.1. The van der Waals surface area contributed by atoms with Crippen molar-refractivity contribution in [3.63, 3.8) is 0 Å². The number of rotatable bonds is 70. The fraction of sp³-hybridized carbons (Fsp3) is 0.944. The molecule has 3 N–H and O–H groups in total. The SMILES string of the molecule is CCCCCCCCCCCCCCCC(=O)OC[C@H](COP(=O)(O)OC[C@@H](O)COP(=O)(O)OC[C@@H](COC(=O)CCCCCCCCCCC(C)C)OC(=O)CCCCCCCCCCC(C)CC)OC(=O)CCCCCCCCCCCCCCC(C)C. The first kappa shape index (κ1) is 89.1. The van der Waals surface area contributed by atoms with Gasteiger partial charge < -0.3 is 33.8 Å². The van der Waals surface area contributed by atoms with Gasteiger partial charge in [0, 0.05) is 25.7 Å². The van der Waals surface area contributed by atoms with Gasteiger partial charge in [0.25, 0.3) is 0 Å². The van der Waals surface area contributed by atoms with Gasteiger partial charge in [-0.1, -0.05) is 312 Å². The number of aliphatic hydroxyl groups excluding tert-OH is 1. The van der Waals surface area contributed by atoms with Gasteiger partial charge in [-0.2, -0.15) is 0 Å². The minimum atomic E-state index is -4.95. The molecule has 0 aromatic carbocycles. The fourth-order valence-corrected chi connectivity index (χ4v) is 12.4. The highest BCUT2D eigenvalue weighted by atomic mass is 31.2. The molecule has 3 unspecified atom stereocenters. The minimum absolute atomic E-state index is 0.104. The van der Waals surface area contributed by atoms with Crippen LogP contribution in [0.15, 0.2) is 0 Å². The normalized spacial score (nSPS) is 14.5. The van der Waals surface area contributed by atoms with Gasteiger partial charge in [-0.3, -0.25) is 37.3 Å². The van der Waals surface area contributed by atoms with Crippen LogP contribution in [0.5, 0.6) is 0 Å². The molecular weight excluding hydrogens is 1200 g/mol. The highest BCUT2D eigenvalue weighted by molar-refractivity contribution is 7.47. The van der Waals surface area contributed by atoms with Crippen molar-refractivity contribution in [3.05, 3.63) is 0 Å². The van der Waals surface area contributed by atoms with Crippen molar-refractivity contribution in [2.24, 2.45) is 17.8 Å². The van der Waals surface area contributed by atoms with Crippen molar-refractivity contribution in [3.8, 4) is 0 Å². The quantitative estimate of drug-likeness (QED) is 0.0222. The number of ether oxygens (including phenoxy) is 4. The molecule has 0 aliphatic rings. The van der Waals surface area contributed by atoms with E-state index in [1.165, 1.54) is 173 Å². The Hall–Kier alpha value is -1.94. The maximum absolute atomic E-state index is 13.0. The Morgan fingerprint density at radius 3 is 0.835 bits per heavy atom. The second-order valence-electron chi connectivity index (χ2n) is 27.2. The average molecular weight is 1340 g/mol. The van der Waals surface area contributed by atoms with E-state index in [0.29, 0.717) is 25.7 Å². The van der Waals surface area contributed by atoms with Gasteiger partial charge in [-0.05, 0) is 43.4 Å². The Balaban J connectivity index is 5.27. The Morgan fingerprint density at radius 2 is 0.560 bits per heavy atom. The van der Waals surface area contributed by atoms with Crippen molar-refractivity contribution < 1.29 is 80.2 Å². The van der Waals surface area contributed by atoms with Gasteiger partial charge in [0.1, 0.15) is 19.3 Å². The third kappa shape index (κ3) is 65.1. The van der Waals surface area contributed by atoms with Crippen LogP contribution in [0.25, 0.3) is 0 Å². The van der Waals surface area contributed by atoms with E-state index in [9.17, 15) is 43.2 Å². The van der Waals surface area contributed by atoms with Crippen LogP contribution in [-0.2, 0) is 65.4 Å². The number of hydrogen-bond acceptors (Lipinski definition) is 15. The van der Waals surface area contributed by atoms with E-state index in [1.54, 1.807) is 0 Å². The van der Waals surface area contributed by atoms with E-state index in [-0.39, 0.29) is 25.7 Å². The lowest BCUT2D eigenvalue weighted by Gasteiger charge is -2.21. The Labute approximate surface area is 556 Å². The van der Waals surface area contributed by atoms with Crippen molar-refractivity contribution in [1.29, 1.82) is 0 Å². The largest absolute Gasteiger partial charge is 0.472 e. The van der Waals surface area contributed by atoms with Crippen LogP contribution < -0.4 is 0 Å². The third-order valence-electron chi connectivity index (χ3n) is 17.0. The summed E-state index contributed by atoms with van der Waals surface area (Å²) in [6.45, 7) is 11.8. The Bertz CT molecular complexity index is 1790. The molecule has 0 aliphatic carbocycles. The van der Waals surface area contributed by atoms with Gasteiger partial charge in [0.2, 0.25) is 0 Å². The molecule has 0 spiro atoms. The lowest BCUT2D eigenvalue weighted by Crippen LogP contribution is -2.30. The van der Waals surface area contributed by atoms with Gasteiger partial charge in [-0.15, -0.1) is 0 Å². The van der Waals surface area contributed by atoms with E-state index in [2.05, 4.69) is 48.5 Å². The molecule has 0 rings (SSSR count). The number of phosphoric ester groups is 2. The summed E-state index contributed by atoms with van der Waals surface area (Å²) in [5.41, 5.74) is 0. The molecule has 0 aliphatic heterocycles. The standard InChI is InChI=1S/C72H140O17P2/c1-8-10-11-12-13-14-15-16-20-23-32-39-46-53-69(74)82-59-67(88-71(76)55-48-41-34-24-21-18-17-19-22-29-36-43-50-63(3)4)61-86-90(78,79)84-57-66(73)58-85-91(80,81)87-62-68(60-83-70(75)54-47-40-33-27-25-30-37-44-51-64(5)6)89-72(77)56-49-42-35-28-26-31-38-45-52-65(7)9-2/h63-68,73H,8-62H2,1-7H3,(H,78,79)(H,80,81)/t65?,66-,67-,68-/m1/s1. The predicted octanol–water partition coefficient (Wildman–Crippen LogP) is 20.6. The number of hydrogen-bond donors (Lipinski definition) is 3. The third-order valence-corrected chi connectivity index (χ3v) is 18.9. The highest BCUT2D eigenvalue weighted by Crippen LogP contribution is 2.45.